The van der Waals surface area contributed by atoms with E-state index in [-0.39, 0.29) is 17.4 Å². The maximum atomic E-state index is 11.7. The molecule has 1 aliphatic heterocycles. The molecule has 2 aromatic rings. The van der Waals surface area contributed by atoms with Gasteiger partial charge in [0, 0.05) is 42.2 Å². The molecule has 0 unspecified atom stereocenters. The number of likely N-dealkylation sites (tertiary alicyclic amines) is 1. The van der Waals surface area contributed by atoms with Crippen molar-refractivity contribution >= 4 is 17.1 Å². The van der Waals surface area contributed by atoms with Crippen molar-refractivity contribution in [3.05, 3.63) is 97.9 Å². The summed E-state index contributed by atoms with van der Waals surface area (Å²) in [6.07, 6.45) is 5.86. The Bertz CT molecular complexity index is 831. The molecule has 0 saturated carbocycles. The molecule has 152 valence electrons. The fourth-order valence-electron chi connectivity index (χ4n) is 3.01. The molecule has 1 heterocycles. The Kier molecular flexibility index (Phi) is 19.1. The fraction of sp³-hybridized carbons (Fsp3) is 0.208. The van der Waals surface area contributed by atoms with Crippen LogP contribution in [0.3, 0.4) is 0 Å². The number of carbonyl (C=O) groups excluding carboxylic acids is 1. The van der Waals surface area contributed by atoms with E-state index in [0.29, 0.717) is 5.57 Å². The number of benzene rings is 2. The zero-order valence-corrected chi connectivity index (χ0v) is 17.6. The minimum Gasteiger partial charge on any atom is 0 e. The normalized spacial score (nSPS) is 11.8. The topological polar surface area (TPSA) is 80.0 Å². The molecule has 6 heteroatoms. The van der Waals surface area contributed by atoms with Crippen molar-refractivity contribution in [3.63, 3.8) is 0 Å². The van der Waals surface area contributed by atoms with Crippen molar-refractivity contribution in [2.75, 3.05) is 13.1 Å². The monoisotopic (exact) mass is 439 g/mol. The van der Waals surface area contributed by atoms with Gasteiger partial charge in [0.25, 0.3) is 0 Å². The summed E-state index contributed by atoms with van der Waals surface area (Å²) in [5.41, 5.74) is 3.55. The summed E-state index contributed by atoms with van der Waals surface area (Å²) in [5, 5.41) is 0. The largest absolute Gasteiger partial charge is 0 e. The van der Waals surface area contributed by atoms with E-state index in [1.54, 1.807) is 0 Å². The number of piperidine rings is 1. The number of nitrogens with zero attached hydrogens (tertiary/aromatic N) is 1. The summed E-state index contributed by atoms with van der Waals surface area (Å²) < 4.78 is 22.5. The molecule has 0 aromatic heterocycles. The predicted molar refractivity (Wildman–Crippen MR) is 107 cm³/mol. The van der Waals surface area contributed by atoms with Crippen LogP contribution < -0.4 is 0 Å². The van der Waals surface area contributed by atoms with Crippen molar-refractivity contribution in [2.45, 2.75) is 19.3 Å². The molecule has 0 bridgehead atoms. The number of hydrogen-bond donors (Lipinski definition) is 0. The summed E-state index contributed by atoms with van der Waals surface area (Å²) in [5.74, 6) is 2.18. The zero-order valence-electron chi connectivity index (χ0n) is 16.4. The molecule has 30 heavy (non-hydrogen) atoms. The third-order valence-electron chi connectivity index (χ3n) is 4.22. The molecule has 0 amide bonds. The Morgan fingerprint density at radius 1 is 0.767 bits per heavy atom. The Labute approximate surface area is 188 Å². The van der Waals surface area contributed by atoms with Crippen LogP contribution in [0.4, 0.5) is 0 Å². The van der Waals surface area contributed by atoms with Gasteiger partial charge >= 0.3 is 33.9 Å². The van der Waals surface area contributed by atoms with Gasteiger partial charge in [-0.15, -0.1) is 0 Å². The van der Waals surface area contributed by atoms with Crippen molar-refractivity contribution in [2.24, 2.45) is 0 Å². The minimum atomic E-state index is 0. The van der Waals surface area contributed by atoms with Gasteiger partial charge in [-0.25, -0.2) is 4.79 Å². The molecule has 5 nitrogen and oxygen atoms in total. The van der Waals surface area contributed by atoms with Gasteiger partial charge in [0.2, 0.25) is 0 Å². The first kappa shape index (κ1) is 29.4. The third-order valence-corrected chi connectivity index (χ3v) is 4.22. The first-order chi connectivity index (χ1) is 14.4. The molecular formula is C24H21CrNO4. The average molecular weight is 439 g/mol. The van der Waals surface area contributed by atoms with Crippen LogP contribution in [0, 0.1) is 20.0 Å². The molecule has 0 spiro atoms. The van der Waals surface area contributed by atoms with Crippen molar-refractivity contribution in [1.82, 2.24) is 4.90 Å². The first-order valence-electron chi connectivity index (χ1n) is 8.82. The van der Waals surface area contributed by atoms with Gasteiger partial charge < -0.3 is 4.90 Å². The van der Waals surface area contributed by atoms with Crippen molar-refractivity contribution in [1.29, 1.82) is 0 Å². The molecule has 1 aliphatic rings. The van der Waals surface area contributed by atoms with Crippen LogP contribution >= 0.6 is 0 Å². The van der Waals surface area contributed by atoms with E-state index in [0.717, 1.165) is 29.8 Å². The first-order valence-corrected chi connectivity index (χ1v) is 8.82. The number of hydrogen-bond acceptors (Lipinski definition) is 2. The SMILES string of the molecule is O=C=C(/C(=C\N1CCCCC1)c1ccccc1)c1ccccc1.[C-]#[O+].[C-]#[O+].[C-]#[O+].[Cr]. The third kappa shape index (κ3) is 9.59. The molecule has 0 aliphatic carbocycles. The van der Waals surface area contributed by atoms with E-state index >= 15 is 0 Å². The second-order valence-corrected chi connectivity index (χ2v) is 5.85. The number of allylic oxidation sites excluding steroid dienone is 2. The second-order valence-electron chi connectivity index (χ2n) is 5.85. The quantitative estimate of drug-likeness (QED) is 0.308. The summed E-state index contributed by atoms with van der Waals surface area (Å²) in [7, 11) is 0. The Morgan fingerprint density at radius 2 is 1.20 bits per heavy atom. The molecule has 2 aromatic carbocycles. The second kappa shape index (κ2) is 19.5. The predicted octanol–water partition coefficient (Wildman–Crippen LogP) is 4.31. The van der Waals surface area contributed by atoms with Gasteiger partial charge in [-0.05, 0) is 30.4 Å². The molecule has 3 rings (SSSR count). The molecule has 1 saturated heterocycles. The van der Waals surface area contributed by atoms with Gasteiger partial charge in [0.1, 0.15) is 5.94 Å². The Balaban J connectivity index is 0. The van der Waals surface area contributed by atoms with Gasteiger partial charge in [0.05, 0.1) is 5.57 Å². The Morgan fingerprint density at radius 3 is 1.63 bits per heavy atom. The summed E-state index contributed by atoms with van der Waals surface area (Å²) >= 11 is 0. The summed E-state index contributed by atoms with van der Waals surface area (Å²) in [4.78, 5) is 14.1. The molecule has 0 atom stereocenters. The summed E-state index contributed by atoms with van der Waals surface area (Å²) in [6.45, 7) is 15.6. The smallest absolute Gasteiger partial charge is 0 e. The van der Waals surface area contributed by atoms with E-state index in [2.05, 4.69) is 49.1 Å². The van der Waals surface area contributed by atoms with Crippen LogP contribution in [-0.4, -0.2) is 23.9 Å². The van der Waals surface area contributed by atoms with Crippen molar-refractivity contribution in [3.8, 4) is 0 Å². The maximum absolute atomic E-state index is 11.7. The van der Waals surface area contributed by atoms with Crippen LogP contribution in [0.15, 0.2) is 66.9 Å². The minimum absolute atomic E-state index is 0. The van der Waals surface area contributed by atoms with E-state index in [1.807, 2.05) is 48.5 Å². The van der Waals surface area contributed by atoms with Crippen LogP contribution in [0.25, 0.3) is 11.1 Å². The maximum Gasteiger partial charge on any atom is 0 e. The zero-order chi connectivity index (χ0) is 21.9. The van der Waals surface area contributed by atoms with Gasteiger partial charge in [-0.3, -0.25) is 0 Å². The van der Waals surface area contributed by atoms with E-state index in [1.165, 1.54) is 19.3 Å². The van der Waals surface area contributed by atoms with Crippen LogP contribution in [0.5, 0.6) is 0 Å². The van der Waals surface area contributed by atoms with Gasteiger partial charge in [-0.2, -0.15) is 0 Å². The van der Waals surface area contributed by atoms with Crippen LogP contribution in [0.1, 0.15) is 30.4 Å². The molecule has 0 radical (unpaired) electrons. The molecule has 1 fully saturated rings. The molecule has 0 N–H and O–H groups in total. The Hall–Kier alpha value is -2.82. The summed E-state index contributed by atoms with van der Waals surface area (Å²) in [6, 6.07) is 19.9. The number of rotatable bonds is 4. The van der Waals surface area contributed by atoms with Gasteiger partial charge in [0.15, 0.2) is 0 Å². The van der Waals surface area contributed by atoms with E-state index < -0.39 is 0 Å². The van der Waals surface area contributed by atoms with Crippen LogP contribution in [-0.2, 0) is 36.1 Å². The fourth-order valence-corrected chi connectivity index (χ4v) is 3.01. The van der Waals surface area contributed by atoms with Crippen molar-refractivity contribution < 1.29 is 36.1 Å². The van der Waals surface area contributed by atoms with E-state index in [4.69, 9.17) is 14.0 Å². The molecular weight excluding hydrogens is 418 g/mol. The van der Waals surface area contributed by atoms with Gasteiger partial charge in [-0.1, -0.05) is 60.7 Å². The van der Waals surface area contributed by atoms with Crippen LogP contribution in [0.2, 0.25) is 0 Å². The van der Waals surface area contributed by atoms with E-state index in [9.17, 15) is 4.79 Å². The average Bonchev–Trinajstić information content (AvgIpc) is 2.85. The standard InChI is InChI=1S/C21H21NO.3CO.Cr/c23-17-21(19-12-6-2-7-13-19)20(18-10-4-1-5-11-18)16-22-14-8-3-9-15-22;3*1-2;/h1-2,4-7,10-13,16H,3,8-9,14-15H2;;;;/b20-16-;;;;.